The molecule has 14 heavy (non-hydrogen) atoms. The highest BCUT2D eigenvalue weighted by Gasteiger charge is 1.83. The summed E-state index contributed by atoms with van der Waals surface area (Å²) < 4.78 is 0. The van der Waals surface area contributed by atoms with Gasteiger partial charge in [0.1, 0.15) is 0 Å². The van der Waals surface area contributed by atoms with Crippen LogP contribution in [0.15, 0.2) is 54.9 Å². The molecule has 0 aliphatic carbocycles. The molecule has 0 bridgehead atoms. The maximum atomic E-state index is 5.56. The van der Waals surface area contributed by atoms with Gasteiger partial charge in [0.2, 0.25) is 0 Å². The molecule has 0 fully saturated rings. The molecule has 2 N–H and O–H groups in total. The van der Waals surface area contributed by atoms with Crippen molar-refractivity contribution in [1.82, 2.24) is 4.98 Å². The van der Waals surface area contributed by atoms with Crippen LogP contribution in [0.1, 0.15) is 0 Å². The molecule has 0 saturated carbocycles. The third-order valence-corrected chi connectivity index (χ3v) is 1.65. The molecular weight excluding hydrogens is 196 g/mol. The number of nitrogen functional groups attached to an aromatic ring is 1. The van der Waals surface area contributed by atoms with Crippen LogP contribution in [0.25, 0.3) is 0 Å². The number of hydrogen-bond acceptors (Lipinski definition) is 2. The van der Waals surface area contributed by atoms with E-state index in [4.69, 9.17) is 17.3 Å². The third kappa shape index (κ3) is 4.48. The van der Waals surface area contributed by atoms with Crippen molar-refractivity contribution in [1.29, 1.82) is 0 Å². The Kier molecular flexibility index (Phi) is 4.51. The summed E-state index contributed by atoms with van der Waals surface area (Å²) in [4.78, 5) is 3.78. The maximum absolute atomic E-state index is 5.56. The van der Waals surface area contributed by atoms with E-state index in [1.807, 2.05) is 24.3 Å². The molecule has 0 radical (unpaired) electrons. The van der Waals surface area contributed by atoms with Crippen molar-refractivity contribution in [3.63, 3.8) is 0 Å². The number of nitrogens with zero attached hydrogens (tertiary/aromatic N) is 1. The molecule has 1 aromatic heterocycles. The Morgan fingerprint density at radius 1 is 1.00 bits per heavy atom. The van der Waals surface area contributed by atoms with E-state index in [2.05, 4.69) is 4.98 Å². The second-order valence-corrected chi connectivity index (χ2v) is 3.02. The molecule has 0 amide bonds. The van der Waals surface area contributed by atoms with Crippen molar-refractivity contribution in [2.75, 3.05) is 5.73 Å². The lowest BCUT2D eigenvalue weighted by molar-refractivity contribution is 1.33. The number of anilines is 1. The molecule has 72 valence electrons. The van der Waals surface area contributed by atoms with Gasteiger partial charge in [-0.25, -0.2) is 0 Å². The van der Waals surface area contributed by atoms with E-state index in [9.17, 15) is 0 Å². The molecule has 1 aromatic carbocycles. The minimum Gasteiger partial charge on any atom is -0.399 e. The van der Waals surface area contributed by atoms with Crippen LogP contribution in [0, 0.1) is 0 Å². The number of halogens is 1. The van der Waals surface area contributed by atoms with Crippen molar-refractivity contribution in [3.8, 4) is 0 Å². The first kappa shape index (κ1) is 10.5. The van der Waals surface area contributed by atoms with Gasteiger partial charge in [0.15, 0.2) is 0 Å². The summed E-state index contributed by atoms with van der Waals surface area (Å²) in [5.74, 6) is 0. The number of benzene rings is 1. The molecule has 2 rings (SSSR count). The first-order valence-electron chi connectivity index (χ1n) is 4.15. The average molecular weight is 207 g/mol. The van der Waals surface area contributed by atoms with Gasteiger partial charge in [-0.1, -0.05) is 23.7 Å². The highest BCUT2D eigenvalue weighted by Crippen LogP contribution is 2.10. The first-order valence-corrected chi connectivity index (χ1v) is 4.53. The summed E-state index contributed by atoms with van der Waals surface area (Å²) in [6.45, 7) is 0. The maximum Gasteiger partial charge on any atom is 0.0426 e. The molecule has 2 aromatic rings. The molecular formula is C11H11ClN2. The first-order chi connectivity index (χ1) is 6.79. The fraction of sp³-hybridized carbons (Fsp3) is 0. The quantitative estimate of drug-likeness (QED) is 0.673. The number of pyridine rings is 1. The second-order valence-electron chi connectivity index (χ2n) is 2.58. The van der Waals surface area contributed by atoms with Gasteiger partial charge in [0.05, 0.1) is 0 Å². The molecule has 0 saturated heterocycles. The summed E-state index contributed by atoms with van der Waals surface area (Å²) in [6, 6.07) is 12.8. The monoisotopic (exact) mass is 206 g/mol. The Balaban J connectivity index is 0.000000146. The van der Waals surface area contributed by atoms with E-state index < -0.39 is 0 Å². The van der Waals surface area contributed by atoms with E-state index in [1.165, 1.54) is 0 Å². The van der Waals surface area contributed by atoms with Gasteiger partial charge in [-0.2, -0.15) is 0 Å². The lowest BCUT2D eigenvalue weighted by atomic mass is 10.3. The Morgan fingerprint density at radius 2 is 1.71 bits per heavy atom. The normalized spacial score (nSPS) is 8.64. The van der Waals surface area contributed by atoms with Gasteiger partial charge in [0, 0.05) is 23.1 Å². The van der Waals surface area contributed by atoms with Crippen molar-refractivity contribution in [3.05, 3.63) is 59.9 Å². The van der Waals surface area contributed by atoms with E-state index in [1.54, 1.807) is 30.6 Å². The van der Waals surface area contributed by atoms with Gasteiger partial charge >= 0.3 is 0 Å². The minimum absolute atomic E-state index is 0.685. The van der Waals surface area contributed by atoms with Crippen molar-refractivity contribution in [2.24, 2.45) is 0 Å². The molecule has 0 spiro atoms. The molecule has 1 heterocycles. The summed E-state index contributed by atoms with van der Waals surface area (Å²) in [5, 5.41) is 0.685. The number of nitrogens with two attached hydrogens (primary N) is 1. The highest BCUT2D eigenvalue weighted by atomic mass is 35.5. The van der Waals surface area contributed by atoms with Crippen LogP contribution in [-0.4, -0.2) is 4.98 Å². The number of aromatic nitrogens is 1. The Bertz CT molecular complexity index is 319. The van der Waals surface area contributed by atoms with Crippen LogP contribution in [0.5, 0.6) is 0 Å². The summed E-state index contributed by atoms with van der Waals surface area (Å²) in [7, 11) is 0. The average Bonchev–Trinajstić information content (AvgIpc) is 2.21. The largest absolute Gasteiger partial charge is 0.399 e. The van der Waals surface area contributed by atoms with Gasteiger partial charge in [-0.15, -0.1) is 0 Å². The topological polar surface area (TPSA) is 38.9 Å². The molecule has 0 aliphatic heterocycles. The van der Waals surface area contributed by atoms with E-state index in [0.717, 1.165) is 0 Å². The summed E-state index contributed by atoms with van der Waals surface area (Å²) in [5.41, 5.74) is 6.08. The van der Waals surface area contributed by atoms with Crippen molar-refractivity contribution in [2.45, 2.75) is 0 Å². The minimum atomic E-state index is 0.685. The molecule has 0 aliphatic rings. The lowest BCUT2D eigenvalue weighted by Gasteiger charge is -1.89. The van der Waals surface area contributed by atoms with Crippen LogP contribution in [0.3, 0.4) is 0 Å². The van der Waals surface area contributed by atoms with E-state index in [0.29, 0.717) is 10.7 Å². The van der Waals surface area contributed by atoms with Crippen LogP contribution in [-0.2, 0) is 0 Å². The van der Waals surface area contributed by atoms with E-state index >= 15 is 0 Å². The zero-order valence-electron chi connectivity index (χ0n) is 7.60. The fourth-order valence-corrected chi connectivity index (χ4v) is 1.02. The van der Waals surface area contributed by atoms with Crippen LogP contribution in [0.4, 0.5) is 5.69 Å². The predicted molar refractivity (Wildman–Crippen MR) is 60.1 cm³/mol. The van der Waals surface area contributed by atoms with Gasteiger partial charge in [0.25, 0.3) is 0 Å². The molecule has 2 nitrogen and oxygen atoms in total. The highest BCUT2D eigenvalue weighted by molar-refractivity contribution is 6.30. The predicted octanol–water partition coefficient (Wildman–Crippen LogP) is 3.00. The second kappa shape index (κ2) is 6.00. The van der Waals surface area contributed by atoms with Gasteiger partial charge in [-0.05, 0) is 30.3 Å². The molecule has 0 unspecified atom stereocenters. The van der Waals surface area contributed by atoms with Gasteiger partial charge in [-0.3, -0.25) is 4.98 Å². The fourth-order valence-electron chi connectivity index (χ4n) is 0.819. The third-order valence-electron chi connectivity index (χ3n) is 1.42. The Labute approximate surface area is 88.4 Å². The number of hydrogen-bond donors (Lipinski definition) is 1. The van der Waals surface area contributed by atoms with E-state index in [-0.39, 0.29) is 0 Å². The summed E-state index contributed by atoms with van der Waals surface area (Å²) in [6.07, 6.45) is 3.50. The standard InChI is InChI=1S/C6H6ClN.C5H5N/c7-5-2-1-3-6(8)4-5;1-2-4-6-5-3-1/h1-4H,8H2;1-5H. The van der Waals surface area contributed by atoms with Gasteiger partial charge < -0.3 is 5.73 Å². The Morgan fingerprint density at radius 3 is 2.00 bits per heavy atom. The smallest absolute Gasteiger partial charge is 0.0426 e. The van der Waals surface area contributed by atoms with Crippen molar-refractivity contribution >= 4 is 17.3 Å². The van der Waals surface area contributed by atoms with Crippen LogP contribution in [0.2, 0.25) is 5.02 Å². The zero-order chi connectivity index (χ0) is 10.2. The molecule has 0 atom stereocenters. The van der Waals surface area contributed by atoms with Crippen LogP contribution >= 0.6 is 11.6 Å². The molecule has 3 heteroatoms. The van der Waals surface area contributed by atoms with Crippen molar-refractivity contribution < 1.29 is 0 Å². The SMILES string of the molecule is Nc1cccc(Cl)c1.c1ccncc1. The number of rotatable bonds is 0. The van der Waals surface area contributed by atoms with Crippen LogP contribution < -0.4 is 5.73 Å². The Hall–Kier alpha value is -1.54. The zero-order valence-corrected chi connectivity index (χ0v) is 8.35. The lowest BCUT2D eigenvalue weighted by Crippen LogP contribution is -1.80. The summed E-state index contributed by atoms with van der Waals surface area (Å²) >= 11 is 5.56.